The summed E-state index contributed by atoms with van der Waals surface area (Å²) in [7, 11) is 1.45. The average Bonchev–Trinajstić information content (AvgIpc) is 3.38. The molecule has 0 radical (unpaired) electrons. The molecule has 0 spiro atoms. The van der Waals surface area contributed by atoms with E-state index < -0.39 is 52.6 Å². The third kappa shape index (κ3) is 3.81. The number of fused-ring (bicyclic) bond motifs is 4. The van der Waals surface area contributed by atoms with Gasteiger partial charge in [0.25, 0.3) is 0 Å². The van der Waals surface area contributed by atoms with Crippen molar-refractivity contribution in [1.29, 1.82) is 0 Å². The van der Waals surface area contributed by atoms with E-state index in [9.17, 15) is 28.7 Å². The first kappa shape index (κ1) is 28.3. The molecule has 0 aromatic heterocycles. The monoisotopic (exact) mass is 614 g/mol. The minimum Gasteiger partial charge on any atom is -0.508 e. The van der Waals surface area contributed by atoms with Crippen LogP contribution in [-0.2, 0) is 19.2 Å². The molecule has 4 aliphatic rings. The van der Waals surface area contributed by atoms with Crippen LogP contribution in [0.2, 0.25) is 5.02 Å². The Morgan fingerprint density at radius 2 is 1.66 bits per heavy atom. The Morgan fingerprint density at radius 3 is 2.36 bits per heavy atom. The summed E-state index contributed by atoms with van der Waals surface area (Å²) in [5, 5.41) is 10.0. The fraction of sp³-hybridized carbons (Fsp3) is 0.294. The Kier molecular flexibility index (Phi) is 6.44. The molecule has 2 heterocycles. The van der Waals surface area contributed by atoms with E-state index >= 15 is 0 Å². The number of hydrogen-bond donors (Lipinski definition) is 1. The lowest BCUT2D eigenvalue weighted by Gasteiger charge is -2.49. The highest BCUT2D eigenvalue weighted by molar-refractivity contribution is 6.32. The predicted molar refractivity (Wildman–Crippen MR) is 160 cm³/mol. The van der Waals surface area contributed by atoms with Crippen LogP contribution >= 0.6 is 11.6 Å². The molecule has 2 saturated heterocycles. The average molecular weight is 615 g/mol. The van der Waals surface area contributed by atoms with Crippen LogP contribution in [-0.4, -0.2) is 35.8 Å². The number of nitrogens with zero attached hydrogens (tertiary/aromatic N) is 2. The number of phenolic OH excluding ortho intramolecular Hbond substituents is 1. The largest absolute Gasteiger partial charge is 0.508 e. The standard InChI is InChI=1S/C34H28ClFN2O6/c1-34-24(31(41)38(33(34)43)18-8-13-26(36)25(35)14-18)16-23-20(29(34)21-10-9-19(39)15-27(21)44-2)11-12-22-28(23)32(42)37(30(22)40)17-6-4-3-5-7-17/h3-11,13-15,22-24,28-29,39H,12,16H2,1-2H3. The number of rotatable bonds is 4. The summed E-state index contributed by atoms with van der Waals surface area (Å²) >= 11 is 6.06. The molecule has 224 valence electrons. The van der Waals surface area contributed by atoms with Crippen LogP contribution in [0.15, 0.2) is 78.4 Å². The molecule has 6 atom stereocenters. The fourth-order valence-electron chi connectivity index (χ4n) is 8.00. The minimum absolute atomic E-state index is 0.0381. The van der Waals surface area contributed by atoms with Gasteiger partial charge in [-0.15, -0.1) is 0 Å². The van der Waals surface area contributed by atoms with Crippen LogP contribution in [0, 0.1) is 34.9 Å². The van der Waals surface area contributed by atoms with Crippen molar-refractivity contribution >= 4 is 46.6 Å². The van der Waals surface area contributed by atoms with Crippen molar-refractivity contribution in [3.8, 4) is 11.5 Å². The third-order valence-electron chi connectivity index (χ3n) is 9.98. The summed E-state index contributed by atoms with van der Waals surface area (Å²) in [6.07, 6.45) is 2.40. The molecule has 3 aromatic carbocycles. The van der Waals surface area contributed by atoms with Gasteiger partial charge in [-0.2, -0.15) is 0 Å². The zero-order valence-corrected chi connectivity index (χ0v) is 24.6. The molecule has 4 amide bonds. The van der Waals surface area contributed by atoms with Gasteiger partial charge in [0.1, 0.15) is 17.3 Å². The summed E-state index contributed by atoms with van der Waals surface area (Å²) in [6, 6.07) is 17.1. The Balaban J connectivity index is 1.39. The van der Waals surface area contributed by atoms with Crippen molar-refractivity contribution in [2.24, 2.45) is 29.1 Å². The second-order valence-electron chi connectivity index (χ2n) is 12.0. The van der Waals surface area contributed by atoms with Crippen LogP contribution < -0.4 is 14.5 Å². The zero-order valence-electron chi connectivity index (χ0n) is 23.9. The van der Waals surface area contributed by atoms with Gasteiger partial charge >= 0.3 is 0 Å². The van der Waals surface area contributed by atoms with E-state index in [0.717, 1.165) is 16.5 Å². The predicted octanol–water partition coefficient (Wildman–Crippen LogP) is 5.63. The Hall–Kier alpha value is -4.50. The van der Waals surface area contributed by atoms with Crippen LogP contribution in [0.5, 0.6) is 11.5 Å². The van der Waals surface area contributed by atoms with Crippen molar-refractivity contribution < 1.29 is 33.4 Å². The first-order valence-electron chi connectivity index (χ1n) is 14.4. The number of anilines is 2. The number of phenols is 1. The Morgan fingerprint density at radius 1 is 0.909 bits per heavy atom. The fourth-order valence-corrected chi connectivity index (χ4v) is 8.17. The van der Waals surface area contributed by atoms with Gasteiger partial charge in [-0.25, -0.2) is 9.29 Å². The molecule has 3 fully saturated rings. The first-order valence-corrected chi connectivity index (χ1v) is 14.8. The number of hydrogen-bond acceptors (Lipinski definition) is 6. The number of carbonyl (C=O) groups excluding carboxylic acids is 4. The van der Waals surface area contributed by atoms with E-state index in [4.69, 9.17) is 16.3 Å². The van der Waals surface area contributed by atoms with E-state index in [2.05, 4.69) is 0 Å². The molecule has 7 rings (SSSR count). The van der Waals surface area contributed by atoms with Crippen molar-refractivity contribution in [2.45, 2.75) is 25.7 Å². The lowest BCUT2D eigenvalue weighted by atomic mass is 9.51. The minimum atomic E-state index is -1.33. The van der Waals surface area contributed by atoms with Crippen LogP contribution in [0.3, 0.4) is 0 Å². The van der Waals surface area contributed by atoms with Gasteiger partial charge in [-0.1, -0.05) is 47.5 Å². The molecule has 1 saturated carbocycles. The van der Waals surface area contributed by atoms with E-state index in [1.54, 1.807) is 37.3 Å². The number of methoxy groups -OCH3 is 1. The van der Waals surface area contributed by atoms with Gasteiger partial charge in [0, 0.05) is 17.5 Å². The molecule has 0 bridgehead atoms. The second kappa shape index (κ2) is 10.0. The summed E-state index contributed by atoms with van der Waals surface area (Å²) < 4.78 is 19.7. The quantitative estimate of drug-likeness (QED) is 0.302. The highest BCUT2D eigenvalue weighted by atomic mass is 35.5. The molecule has 6 unspecified atom stereocenters. The number of imide groups is 2. The van der Waals surface area contributed by atoms with Crippen LogP contribution in [0.4, 0.5) is 15.8 Å². The molecular weight excluding hydrogens is 587 g/mol. The summed E-state index contributed by atoms with van der Waals surface area (Å²) in [6.45, 7) is 1.74. The SMILES string of the molecule is COc1cc(O)ccc1C1C2=CCC3C(=O)N(c4ccccc4)C(=O)C3C2CC2C(=O)N(c3ccc(F)c(Cl)c3)C(=O)C21C. The van der Waals surface area contributed by atoms with Gasteiger partial charge in [0.2, 0.25) is 23.6 Å². The van der Waals surface area contributed by atoms with Crippen LogP contribution in [0.25, 0.3) is 0 Å². The van der Waals surface area contributed by atoms with Gasteiger partial charge in [0.15, 0.2) is 0 Å². The summed E-state index contributed by atoms with van der Waals surface area (Å²) in [4.78, 5) is 58.8. The second-order valence-corrected chi connectivity index (χ2v) is 12.4. The number of benzene rings is 3. The summed E-state index contributed by atoms with van der Waals surface area (Å²) in [5.74, 6) is -5.45. The number of allylic oxidation sites excluding steroid dienone is 2. The number of halogens is 2. The lowest BCUT2D eigenvalue weighted by Crippen LogP contribution is -2.49. The zero-order chi connectivity index (χ0) is 31.1. The van der Waals surface area contributed by atoms with Gasteiger partial charge < -0.3 is 9.84 Å². The molecule has 8 nitrogen and oxygen atoms in total. The maximum absolute atomic E-state index is 14.5. The molecule has 2 aliphatic carbocycles. The topological polar surface area (TPSA) is 104 Å². The van der Waals surface area contributed by atoms with Gasteiger partial charge in [-0.3, -0.25) is 24.1 Å². The van der Waals surface area contributed by atoms with Crippen molar-refractivity contribution in [3.63, 3.8) is 0 Å². The Bertz CT molecular complexity index is 1790. The lowest BCUT2D eigenvalue weighted by molar-refractivity contribution is -0.131. The maximum Gasteiger partial charge on any atom is 0.241 e. The third-order valence-corrected chi connectivity index (χ3v) is 10.3. The number of amides is 4. The number of ether oxygens (including phenoxy) is 1. The van der Waals surface area contributed by atoms with E-state index in [0.29, 0.717) is 23.4 Å². The summed E-state index contributed by atoms with van der Waals surface area (Å²) in [5.41, 5.74) is 0.662. The maximum atomic E-state index is 14.5. The van der Waals surface area contributed by atoms with E-state index in [1.807, 2.05) is 12.1 Å². The van der Waals surface area contributed by atoms with Crippen LogP contribution in [0.1, 0.15) is 31.2 Å². The molecule has 1 N–H and O–H groups in total. The molecule has 3 aromatic rings. The highest BCUT2D eigenvalue weighted by Gasteiger charge is 2.68. The van der Waals surface area contributed by atoms with Crippen molar-refractivity contribution in [1.82, 2.24) is 0 Å². The van der Waals surface area contributed by atoms with E-state index in [1.165, 1.54) is 36.3 Å². The first-order chi connectivity index (χ1) is 21.1. The normalized spacial score (nSPS) is 29.4. The highest BCUT2D eigenvalue weighted by Crippen LogP contribution is 2.64. The number of aromatic hydroxyl groups is 1. The number of para-hydroxylation sites is 1. The van der Waals surface area contributed by atoms with E-state index in [-0.39, 0.29) is 34.7 Å². The van der Waals surface area contributed by atoms with Gasteiger partial charge in [0.05, 0.1) is 46.7 Å². The van der Waals surface area contributed by atoms with Crippen molar-refractivity contribution in [3.05, 3.63) is 94.8 Å². The molecule has 44 heavy (non-hydrogen) atoms. The van der Waals surface area contributed by atoms with Crippen molar-refractivity contribution in [2.75, 3.05) is 16.9 Å². The molecular formula is C34H28ClFN2O6. The Labute approximate surface area is 257 Å². The van der Waals surface area contributed by atoms with Gasteiger partial charge in [-0.05, 0) is 62.1 Å². The smallest absolute Gasteiger partial charge is 0.241 e. The molecule has 10 heteroatoms. The number of carbonyl (C=O) groups is 4. The molecule has 2 aliphatic heterocycles.